The molecule has 150 valence electrons. The number of sulfone groups is 1. The summed E-state index contributed by atoms with van der Waals surface area (Å²) in [6.45, 7) is 6.65. The molecule has 0 atom stereocenters. The molecular formula is C22H33NO3S. The molecule has 1 fully saturated rings. The highest BCUT2D eigenvalue weighted by molar-refractivity contribution is 7.92. The molecule has 2 aliphatic rings. The number of fused-ring (bicyclic) bond motifs is 1. The molecule has 1 aromatic rings. The smallest absolute Gasteiger partial charge is 0.226 e. The van der Waals surface area contributed by atoms with Gasteiger partial charge in [0.05, 0.1) is 16.9 Å². The highest BCUT2D eigenvalue weighted by Gasteiger charge is 2.33. The molecular weight excluding hydrogens is 358 g/mol. The van der Waals surface area contributed by atoms with Crippen molar-refractivity contribution in [1.82, 2.24) is 4.90 Å². The summed E-state index contributed by atoms with van der Waals surface area (Å²) < 4.78 is 24.2. The normalized spacial score (nSPS) is 19.0. The van der Waals surface area contributed by atoms with Gasteiger partial charge >= 0.3 is 0 Å². The van der Waals surface area contributed by atoms with Gasteiger partial charge in [-0.25, -0.2) is 8.42 Å². The maximum Gasteiger partial charge on any atom is 0.226 e. The van der Waals surface area contributed by atoms with Crippen molar-refractivity contribution in [3.63, 3.8) is 0 Å². The van der Waals surface area contributed by atoms with E-state index < -0.39 is 14.6 Å². The van der Waals surface area contributed by atoms with E-state index in [1.807, 2.05) is 4.90 Å². The van der Waals surface area contributed by atoms with Gasteiger partial charge in [-0.3, -0.25) is 4.79 Å². The van der Waals surface area contributed by atoms with Gasteiger partial charge in [0.2, 0.25) is 5.91 Å². The zero-order valence-electron chi connectivity index (χ0n) is 17.0. The predicted octanol–water partition coefficient (Wildman–Crippen LogP) is 3.56. The van der Waals surface area contributed by atoms with E-state index in [2.05, 4.69) is 18.2 Å². The largest absolute Gasteiger partial charge is 0.342 e. The van der Waals surface area contributed by atoms with Crippen LogP contribution in [-0.4, -0.2) is 42.8 Å². The van der Waals surface area contributed by atoms with E-state index in [0.717, 1.165) is 25.7 Å². The van der Waals surface area contributed by atoms with Gasteiger partial charge < -0.3 is 4.90 Å². The minimum absolute atomic E-state index is 0.169. The number of rotatable bonds is 4. The molecule has 0 bridgehead atoms. The lowest BCUT2D eigenvalue weighted by atomic mass is 9.87. The number of hydrogen-bond acceptors (Lipinski definition) is 3. The minimum atomic E-state index is -3.10. The van der Waals surface area contributed by atoms with Crippen LogP contribution in [0, 0.1) is 5.92 Å². The number of likely N-dealkylation sites (tertiary alicyclic amines) is 1. The second-order valence-corrected chi connectivity index (χ2v) is 11.9. The lowest BCUT2D eigenvalue weighted by Crippen LogP contribution is -2.42. The topological polar surface area (TPSA) is 54.5 Å². The van der Waals surface area contributed by atoms with Gasteiger partial charge in [0, 0.05) is 13.1 Å². The van der Waals surface area contributed by atoms with Crippen molar-refractivity contribution < 1.29 is 13.2 Å². The van der Waals surface area contributed by atoms with Gasteiger partial charge in [-0.1, -0.05) is 18.2 Å². The standard InChI is InChI=1S/C22H33NO3S/c1-22(2,3)27(25,26)16-17-11-13-23(14-12-17)21(24)15-19-9-6-8-18-7-4-5-10-20(18)19/h6,8-9,17H,4-5,7,10-16H2,1-3H3. The van der Waals surface area contributed by atoms with E-state index in [1.165, 1.54) is 29.5 Å². The summed E-state index contributed by atoms with van der Waals surface area (Å²) >= 11 is 0. The van der Waals surface area contributed by atoms with Crippen molar-refractivity contribution in [2.24, 2.45) is 5.92 Å². The molecule has 3 rings (SSSR count). The molecule has 0 radical (unpaired) electrons. The first-order valence-corrected chi connectivity index (χ1v) is 11.9. The number of amides is 1. The van der Waals surface area contributed by atoms with Crippen molar-refractivity contribution in [2.45, 2.75) is 70.5 Å². The zero-order valence-corrected chi connectivity index (χ0v) is 17.8. The van der Waals surface area contributed by atoms with E-state index >= 15 is 0 Å². The Labute approximate surface area is 164 Å². The third-order valence-electron chi connectivity index (χ3n) is 6.19. The summed E-state index contributed by atoms with van der Waals surface area (Å²) in [4.78, 5) is 14.7. The molecule has 1 saturated heterocycles. The van der Waals surface area contributed by atoms with Crippen molar-refractivity contribution in [3.05, 3.63) is 34.9 Å². The van der Waals surface area contributed by atoms with E-state index in [4.69, 9.17) is 0 Å². The van der Waals surface area contributed by atoms with Gasteiger partial charge in [-0.05, 0) is 81.9 Å². The molecule has 0 saturated carbocycles. The molecule has 0 aromatic heterocycles. The lowest BCUT2D eigenvalue weighted by Gasteiger charge is -2.33. The predicted molar refractivity (Wildman–Crippen MR) is 110 cm³/mol. The maximum atomic E-state index is 12.8. The van der Waals surface area contributed by atoms with E-state index in [9.17, 15) is 13.2 Å². The molecule has 4 nitrogen and oxygen atoms in total. The molecule has 1 amide bonds. The molecule has 1 aliphatic carbocycles. The third-order valence-corrected chi connectivity index (χ3v) is 8.97. The van der Waals surface area contributed by atoms with Crippen LogP contribution in [0.5, 0.6) is 0 Å². The van der Waals surface area contributed by atoms with Crippen molar-refractivity contribution >= 4 is 15.7 Å². The lowest BCUT2D eigenvalue weighted by molar-refractivity contribution is -0.131. The molecule has 1 aliphatic heterocycles. The summed E-state index contributed by atoms with van der Waals surface area (Å²) in [6.07, 6.45) is 6.73. The average Bonchev–Trinajstić information content (AvgIpc) is 2.61. The van der Waals surface area contributed by atoms with E-state index in [1.54, 1.807) is 20.8 Å². The molecule has 0 unspecified atom stereocenters. The van der Waals surface area contributed by atoms with Crippen molar-refractivity contribution in [2.75, 3.05) is 18.8 Å². The van der Waals surface area contributed by atoms with Gasteiger partial charge in [-0.2, -0.15) is 0 Å². The van der Waals surface area contributed by atoms with Gasteiger partial charge in [0.1, 0.15) is 0 Å². The Kier molecular flexibility index (Phi) is 5.99. The third kappa shape index (κ3) is 4.74. The Morgan fingerprint density at radius 2 is 1.78 bits per heavy atom. The Balaban J connectivity index is 1.57. The highest BCUT2D eigenvalue weighted by Crippen LogP contribution is 2.27. The van der Waals surface area contributed by atoms with Crippen LogP contribution >= 0.6 is 0 Å². The summed E-state index contributed by atoms with van der Waals surface area (Å²) in [7, 11) is -3.10. The SMILES string of the molecule is CC(C)(C)S(=O)(=O)CC1CCN(C(=O)Cc2cccc3c2CCCC3)CC1. The number of aryl methyl sites for hydroxylation is 1. The summed E-state index contributed by atoms with van der Waals surface area (Å²) in [5.74, 6) is 0.596. The number of piperidine rings is 1. The number of hydrogen-bond donors (Lipinski definition) is 0. The van der Waals surface area contributed by atoms with Crippen LogP contribution in [0.25, 0.3) is 0 Å². The van der Waals surface area contributed by atoms with Gasteiger partial charge in [-0.15, -0.1) is 0 Å². The molecule has 1 heterocycles. The molecule has 0 N–H and O–H groups in total. The van der Waals surface area contributed by atoms with E-state index in [0.29, 0.717) is 19.5 Å². The Hall–Kier alpha value is -1.36. The average molecular weight is 392 g/mol. The Morgan fingerprint density at radius 1 is 1.11 bits per heavy atom. The Bertz CT molecular complexity index is 784. The van der Waals surface area contributed by atoms with Crippen molar-refractivity contribution in [1.29, 1.82) is 0 Å². The number of carbonyl (C=O) groups excluding carboxylic acids is 1. The number of carbonyl (C=O) groups is 1. The van der Waals surface area contributed by atoms with Gasteiger partial charge in [0.15, 0.2) is 9.84 Å². The summed E-state index contributed by atoms with van der Waals surface area (Å²) in [6, 6.07) is 6.38. The van der Waals surface area contributed by atoms with Crippen LogP contribution in [0.2, 0.25) is 0 Å². The first-order chi connectivity index (χ1) is 12.7. The molecule has 1 aromatic carbocycles. The van der Waals surface area contributed by atoms with Crippen LogP contribution in [0.3, 0.4) is 0 Å². The van der Waals surface area contributed by atoms with Crippen molar-refractivity contribution in [3.8, 4) is 0 Å². The highest BCUT2D eigenvalue weighted by atomic mass is 32.2. The number of benzene rings is 1. The number of nitrogens with zero attached hydrogens (tertiary/aromatic N) is 1. The second-order valence-electron chi connectivity index (χ2n) is 9.16. The van der Waals surface area contributed by atoms with Crippen LogP contribution in [0.15, 0.2) is 18.2 Å². The Morgan fingerprint density at radius 3 is 2.44 bits per heavy atom. The second kappa shape index (κ2) is 7.94. The molecule has 5 heteroatoms. The molecule has 0 spiro atoms. The zero-order chi connectivity index (χ0) is 19.7. The van der Waals surface area contributed by atoms with Crippen LogP contribution in [0.4, 0.5) is 0 Å². The summed E-state index contributed by atoms with van der Waals surface area (Å²) in [5, 5.41) is 0. The van der Waals surface area contributed by atoms with E-state index in [-0.39, 0.29) is 17.6 Å². The van der Waals surface area contributed by atoms with Gasteiger partial charge in [0.25, 0.3) is 0 Å². The minimum Gasteiger partial charge on any atom is -0.342 e. The fourth-order valence-electron chi connectivity index (χ4n) is 4.21. The van der Waals surface area contributed by atoms with Crippen LogP contribution < -0.4 is 0 Å². The fourth-order valence-corrected chi connectivity index (χ4v) is 5.66. The summed E-state index contributed by atoms with van der Waals surface area (Å²) in [5.41, 5.74) is 4.00. The quantitative estimate of drug-likeness (QED) is 0.789. The van der Waals surface area contributed by atoms with Crippen LogP contribution in [0.1, 0.15) is 63.1 Å². The first kappa shape index (κ1) is 20.4. The monoisotopic (exact) mass is 391 g/mol. The van der Waals surface area contributed by atoms with Crippen LogP contribution in [-0.2, 0) is 33.9 Å². The first-order valence-electron chi connectivity index (χ1n) is 10.3. The maximum absolute atomic E-state index is 12.8. The fraction of sp³-hybridized carbons (Fsp3) is 0.682. The molecule has 27 heavy (non-hydrogen) atoms.